The summed E-state index contributed by atoms with van der Waals surface area (Å²) in [5, 5.41) is 10.8. The maximum Gasteiger partial charge on any atom is 0.222 e. The van der Waals surface area contributed by atoms with Crippen molar-refractivity contribution < 1.29 is 28.7 Å². The fraction of sp³-hybridized carbons (Fsp3) is 0.789. The molecule has 11 heteroatoms. The first-order valence-electron chi connectivity index (χ1n) is 10.3. The average molecular weight is 432 g/mol. The van der Waals surface area contributed by atoms with E-state index in [4.69, 9.17) is 15.2 Å². The predicted octanol–water partition coefficient (Wildman–Crippen LogP) is -1.59. The summed E-state index contributed by atoms with van der Waals surface area (Å²) in [4.78, 5) is 45.3. The summed E-state index contributed by atoms with van der Waals surface area (Å²) in [5.74, 6) is -0.577. The van der Waals surface area contributed by atoms with Crippen LogP contribution in [0.1, 0.15) is 39.5 Å². The maximum absolute atomic E-state index is 11.7. The second-order valence-electron chi connectivity index (χ2n) is 6.73. The largest absolute Gasteiger partial charge is 0.379 e. The molecule has 11 nitrogen and oxygen atoms in total. The van der Waals surface area contributed by atoms with Crippen LogP contribution in [0.2, 0.25) is 0 Å². The van der Waals surface area contributed by atoms with E-state index in [1.165, 1.54) is 13.8 Å². The van der Waals surface area contributed by atoms with Gasteiger partial charge in [-0.2, -0.15) is 0 Å². The van der Waals surface area contributed by atoms with Crippen LogP contribution in [0.5, 0.6) is 0 Å². The molecule has 0 radical (unpaired) electrons. The maximum atomic E-state index is 11.7. The van der Waals surface area contributed by atoms with E-state index < -0.39 is 0 Å². The van der Waals surface area contributed by atoms with E-state index >= 15 is 0 Å². The molecular formula is C19H37N5O6. The summed E-state index contributed by atoms with van der Waals surface area (Å²) in [5.41, 5.74) is 5.36. The fourth-order valence-corrected chi connectivity index (χ4v) is 2.29. The molecule has 1 unspecified atom stereocenters. The topological polar surface area (TPSA) is 161 Å². The van der Waals surface area contributed by atoms with Crippen LogP contribution in [0, 0.1) is 0 Å². The van der Waals surface area contributed by atoms with Gasteiger partial charge in [0.2, 0.25) is 23.6 Å². The standard InChI is InChI=1S/C19H37N5O6/c1-15(25)21-9-4-10-23-19(28)6-12-30-14-17(24-16(2)26)13-29-11-5-18(27)22-8-3-7-20/h17H,3-14,20H2,1-2H3,(H,21,25)(H,22,27)(H,23,28)(H,24,26). The molecule has 0 spiro atoms. The van der Waals surface area contributed by atoms with Crippen LogP contribution in [-0.2, 0) is 28.7 Å². The zero-order valence-corrected chi connectivity index (χ0v) is 18.1. The Morgan fingerprint density at radius 3 is 1.73 bits per heavy atom. The van der Waals surface area contributed by atoms with E-state index in [9.17, 15) is 19.2 Å². The molecule has 0 aromatic rings. The van der Waals surface area contributed by atoms with Crippen molar-refractivity contribution in [3.8, 4) is 0 Å². The summed E-state index contributed by atoms with van der Waals surface area (Å²) in [6, 6.07) is -0.372. The Balaban J connectivity index is 3.88. The normalized spacial score (nSPS) is 11.4. The van der Waals surface area contributed by atoms with Crippen molar-refractivity contribution in [1.29, 1.82) is 0 Å². The SMILES string of the molecule is CC(=O)NCCCNC(=O)CCOCC(COCCC(=O)NCCCN)NC(C)=O. The van der Waals surface area contributed by atoms with Crippen LogP contribution in [0.3, 0.4) is 0 Å². The fourth-order valence-electron chi connectivity index (χ4n) is 2.29. The van der Waals surface area contributed by atoms with Gasteiger partial charge in [-0.25, -0.2) is 0 Å². The monoisotopic (exact) mass is 431 g/mol. The van der Waals surface area contributed by atoms with Crippen LogP contribution in [0.15, 0.2) is 0 Å². The van der Waals surface area contributed by atoms with Crippen LogP contribution >= 0.6 is 0 Å². The minimum absolute atomic E-state index is 0.0989. The molecule has 0 fully saturated rings. The molecule has 0 saturated carbocycles. The third-order valence-electron chi connectivity index (χ3n) is 3.75. The van der Waals surface area contributed by atoms with Crippen molar-refractivity contribution in [3.05, 3.63) is 0 Å². The summed E-state index contributed by atoms with van der Waals surface area (Å²) in [7, 11) is 0. The molecule has 0 rings (SSSR count). The number of hydrogen-bond donors (Lipinski definition) is 5. The van der Waals surface area contributed by atoms with Gasteiger partial charge in [0.05, 0.1) is 32.5 Å². The average Bonchev–Trinajstić information content (AvgIpc) is 2.67. The summed E-state index contributed by atoms with van der Waals surface area (Å²) < 4.78 is 10.9. The highest BCUT2D eigenvalue weighted by Gasteiger charge is 2.12. The number of nitrogens with one attached hydrogen (secondary N) is 4. The summed E-state index contributed by atoms with van der Waals surface area (Å²) in [6.45, 7) is 5.71. The summed E-state index contributed by atoms with van der Waals surface area (Å²) >= 11 is 0. The summed E-state index contributed by atoms with van der Waals surface area (Å²) in [6.07, 6.45) is 1.79. The Labute approximate surface area is 178 Å². The first-order valence-corrected chi connectivity index (χ1v) is 10.3. The van der Waals surface area contributed by atoms with E-state index in [-0.39, 0.29) is 68.9 Å². The number of nitrogens with two attached hydrogens (primary N) is 1. The second kappa shape index (κ2) is 18.8. The quantitative estimate of drug-likeness (QED) is 0.164. The zero-order valence-electron chi connectivity index (χ0n) is 18.1. The molecule has 0 bridgehead atoms. The Kier molecular flexibility index (Phi) is 17.4. The van der Waals surface area contributed by atoms with Gasteiger partial charge in [-0.05, 0) is 19.4 Å². The molecule has 1 atom stereocenters. The molecular weight excluding hydrogens is 394 g/mol. The van der Waals surface area contributed by atoms with E-state index in [0.717, 1.165) is 6.42 Å². The van der Waals surface area contributed by atoms with Crippen molar-refractivity contribution in [2.45, 2.75) is 45.6 Å². The van der Waals surface area contributed by atoms with Gasteiger partial charge in [-0.3, -0.25) is 19.2 Å². The van der Waals surface area contributed by atoms with Crippen molar-refractivity contribution in [1.82, 2.24) is 21.3 Å². The van der Waals surface area contributed by atoms with Gasteiger partial charge in [0.1, 0.15) is 0 Å². The molecule has 0 saturated heterocycles. The minimum atomic E-state index is -0.372. The predicted molar refractivity (Wildman–Crippen MR) is 111 cm³/mol. The van der Waals surface area contributed by atoms with E-state index in [1.807, 2.05) is 0 Å². The third kappa shape index (κ3) is 19.1. The van der Waals surface area contributed by atoms with Gasteiger partial charge >= 0.3 is 0 Å². The number of carbonyl (C=O) groups excluding carboxylic acids is 4. The van der Waals surface area contributed by atoms with Crippen molar-refractivity contribution >= 4 is 23.6 Å². The molecule has 174 valence electrons. The van der Waals surface area contributed by atoms with E-state index in [1.54, 1.807) is 0 Å². The van der Waals surface area contributed by atoms with Crippen LogP contribution in [-0.4, -0.2) is 82.3 Å². The number of rotatable bonds is 18. The van der Waals surface area contributed by atoms with Crippen molar-refractivity contribution in [2.75, 3.05) is 52.6 Å². The van der Waals surface area contributed by atoms with E-state index in [2.05, 4.69) is 21.3 Å². The molecule has 6 N–H and O–H groups in total. The molecule has 0 aromatic heterocycles. The lowest BCUT2D eigenvalue weighted by molar-refractivity contribution is -0.124. The van der Waals surface area contributed by atoms with Crippen LogP contribution < -0.4 is 27.0 Å². The highest BCUT2D eigenvalue weighted by atomic mass is 16.5. The third-order valence-corrected chi connectivity index (χ3v) is 3.75. The van der Waals surface area contributed by atoms with E-state index in [0.29, 0.717) is 32.6 Å². The molecule has 0 aliphatic rings. The van der Waals surface area contributed by atoms with Gasteiger partial charge in [0.15, 0.2) is 0 Å². The number of amides is 4. The smallest absolute Gasteiger partial charge is 0.222 e. The molecule has 30 heavy (non-hydrogen) atoms. The lowest BCUT2D eigenvalue weighted by Crippen LogP contribution is -2.41. The van der Waals surface area contributed by atoms with Gasteiger partial charge in [-0.1, -0.05) is 0 Å². The number of hydrogen-bond acceptors (Lipinski definition) is 7. The molecule has 0 aliphatic carbocycles. The molecule has 0 heterocycles. The Bertz CT molecular complexity index is 518. The lowest BCUT2D eigenvalue weighted by Gasteiger charge is -2.18. The highest BCUT2D eigenvalue weighted by molar-refractivity contribution is 5.76. The molecule has 0 aromatic carbocycles. The zero-order chi connectivity index (χ0) is 22.6. The van der Waals surface area contributed by atoms with Gasteiger partial charge < -0.3 is 36.5 Å². The number of ether oxygens (including phenoxy) is 2. The second-order valence-corrected chi connectivity index (χ2v) is 6.73. The first kappa shape index (κ1) is 27.8. The van der Waals surface area contributed by atoms with Crippen molar-refractivity contribution in [2.24, 2.45) is 5.73 Å². The molecule has 4 amide bonds. The minimum Gasteiger partial charge on any atom is -0.379 e. The Hall–Kier alpha value is -2.24. The highest BCUT2D eigenvalue weighted by Crippen LogP contribution is 1.93. The first-order chi connectivity index (χ1) is 14.3. The van der Waals surface area contributed by atoms with Gasteiger partial charge in [0.25, 0.3) is 0 Å². The van der Waals surface area contributed by atoms with Crippen LogP contribution in [0.25, 0.3) is 0 Å². The Morgan fingerprint density at radius 1 is 0.767 bits per heavy atom. The van der Waals surface area contributed by atoms with Gasteiger partial charge in [-0.15, -0.1) is 0 Å². The van der Waals surface area contributed by atoms with Gasteiger partial charge in [0, 0.05) is 46.3 Å². The van der Waals surface area contributed by atoms with Crippen molar-refractivity contribution in [3.63, 3.8) is 0 Å². The molecule has 0 aliphatic heterocycles. The Morgan fingerprint density at radius 2 is 1.27 bits per heavy atom. The lowest BCUT2D eigenvalue weighted by atomic mass is 10.3. The number of carbonyl (C=O) groups is 4. The van der Waals surface area contributed by atoms with Crippen LogP contribution in [0.4, 0.5) is 0 Å².